The van der Waals surface area contributed by atoms with E-state index in [4.69, 9.17) is 5.73 Å². The van der Waals surface area contributed by atoms with Crippen LogP contribution in [-0.4, -0.2) is 23.9 Å². The van der Waals surface area contributed by atoms with Crippen LogP contribution in [0.25, 0.3) is 10.1 Å². The largest absolute Gasteiger partial charge is 0.397 e. The summed E-state index contributed by atoms with van der Waals surface area (Å²) in [5, 5.41) is 0.992. The van der Waals surface area contributed by atoms with Crippen LogP contribution >= 0.6 is 11.3 Å². The van der Waals surface area contributed by atoms with Gasteiger partial charge in [-0.25, -0.2) is 0 Å². The highest BCUT2D eigenvalue weighted by molar-refractivity contribution is 7.21. The van der Waals surface area contributed by atoms with Gasteiger partial charge in [-0.1, -0.05) is 25.1 Å². The van der Waals surface area contributed by atoms with E-state index in [-0.39, 0.29) is 11.9 Å². The minimum Gasteiger partial charge on any atom is -0.397 e. The van der Waals surface area contributed by atoms with Crippen LogP contribution < -0.4 is 5.73 Å². The molecule has 4 heteroatoms. The van der Waals surface area contributed by atoms with Gasteiger partial charge in [-0.05, 0) is 25.8 Å². The summed E-state index contributed by atoms with van der Waals surface area (Å²) in [4.78, 5) is 14.9. The van der Waals surface area contributed by atoms with Crippen molar-refractivity contribution in [1.82, 2.24) is 4.90 Å². The Morgan fingerprint density at radius 1 is 1.47 bits per heavy atom. The van der Waals surface area contributed by atoms with E-state index >= 15 is 0 Å². The first-order chi connectivity index (χ1) is 8.97. The van der Waals surface area contributed by atoms with Gasteiger partial charge >= 0.3 is 0 Å². The molecule has 1 atom stereocenters. The molecule has 1 heterocycles. The summed E-state index contributed by atoms with van der Waals surface area (Å²) in [6, 6.07) is 6.23. The normalized spacial score (nSPS) is 12.6. The zero-order valence-electron chi connectivity index (χ0n) is 11.9. The predicted octanol–water partition coefficient (Wildman–Crippen LogP) is 3.66. The molecule has 2 aromatic rings. The number of benzene rings is 1. The van der Waals surface area contributed by atoms with E-state index in [1.54, 1.807) is 4.90 Å². The van der Waals surface area contributed by atoms with Gasteiger partial charge in [-0.15, -0.1) is 11.3 Å². The highest BCUT2D eigenvalue weighted by Gasteiger charge is 2.22. The van der Waals surface area contributed by atoms with Crippen LogP contribution in [0.5, 0.6) is 0 Å². The summed E-state index contributed by atoms with van der Waals surface area (Å²) in [5.41, 5.74) is 7.93. The maximum atomic E-state index is 12.5. The summed E-state index contributed by atoms with van der Waals surface area (Å²) < 4.78 is 1.11. The number of fused-ring (bicyclic) bond motifs is 1. The lowest BCUT2D eigenvalue weighted by atomic mass is 10.1. The summed E-state index contributed by atoms with van der Waals surface area (Å²) >= 11 is 1.50. The van der Waals surface area contributed by atoms with Crippen molar-refractivity contribution < 1.29 is 4.79 Å². The minimum atomic E-state index is 0.0208. The molecule has 0 saturated heterocycles. The summed E-state index contributed by atoms with van der Waals surface area (Å²) in [6.45, 7) is 6.17. The van der Waals surface area contributed by atoms with Crippen LogP contribution in [0.3, 0.4) is 0 Å². The van der Waals surface area contributed by atoms with Gasteiger partial charge in [0.25, 0.3) is 5.91 Å². The number of carbonyl (C=O) groups excluding carboxylic acids is 1. The second-order valence-electron chi connectivity index (χ2n) is 4.97. The van der Waals surface area contributed by atoms with Gasteiger partial charge in [0.2, 0.25) is 0 Å². The predicted molar refractivity (Wildman–Crippen MR) is 82.8 cm³/mol. The van der Waals surface area contributed by atoms with Crippen molar-refractivity contribution in [3.05, 3.63) is 28.6 Å². The van der Waals surface area contributed by atoms with E-state index < -0.39 is 0 Å². The summed E-state index contributed by atoms with van der Waals surface area (Å²) in [6.07, 6.45) is 0.937. The first-order valence-corrected chi connectivity index (χ1v) is 7.33. The summed E-state index contributed by atoms with van der Waals surface area (Å²) in [5.74, 6) is 0.0208. The second kappa shape index (κ2) is 5.21. The van der Waals surface area contributed by atoms with Crippen molar-refractivity contribution in [3.8, 4) is 0 Å². The third-order valence-corrected chi connectivity index (χ3v) is 5.06. The van der Waals surface area contributed by atoms with Gasteiger partial charge in [0.1, 0.15) is 4.88 Å². The molecule has 0 bridgehead atoms. The average molecular weight is 276 g/mol. The molecule has 1 unspecified atom stereocenters. The van der Waals surface area contributed by atoms with Gasteiger partial charge in [0.05, 0.1) is 5.69 Å². The molecule has 1 amide bonds. The fourth-order valence-electron chi connectivity index (χ4n) is 2.07. The maximum Gasteiger partial charge on any atom is 0.266 e. The number of hydrogen-bond donors (Lipinski definition) is 1. The molecule has 1 aromatic heterocycles. The van der Waals surface area contributed by atoms with E-state index in [1.165, 1.54) is 16.9 Å². The molecule has 0 aliphatic rings. The van der Waals surface area contributed by atoms with Crippen molar-refractivity contribution in [2.75, 3.05) is 12.8 Å². The Hall–Kier alpha value is -1.55. The Kier molecular flexibility index (Phi) is 3.80. The highest BCUT2D eigenvalue weighted by Crippen LogP contribution is 2.36. The molecule has 0 aliphatic heterocycles. The lowest BCUT2D eigenvalue weighted by Gasteiger charge is -2.23. The maximum absolute atomic E-state index is 12.5. The second-order valence-corrected chi connectivity index (χ2v) is 5.99. The number of carbonyl (C=O) groups is 1. The van der Waals surface area contributed by atoms with Gasteiger partial charge in [0, 0.05) is 23.2 Å². The van der Waals surface area contributed by atoms with Crippen LogP contribution in [0.2, 0.25) is 0 Å². The van der Waals surface area contributed by atoms with Crippen molar-refractivity contribution >= 4 is 33.0 Å². The van der Waals surface area contributed by atoms with Crippen LogP contribution in [0.15, 0.2) is 18.2 Å². The molecule has 0 radical (unpaired) electrons. The van der Waals surface area contributed by atoms with E-state index in [9.17, 15) is 4.79 Å². The number of nitrogens with zero attached hydrogens (tertiary/aromatic N) is 1. The SMILES string of the molecule is CCC(C)N(C)C(=O)c1sc2c(C)cccc2c1N. The number of nitrogen functional groups attached to an aromatic ring is 1. The molecule has 0 aliphatic carbocycles. The molecule has 3 nitrogen and oxygen atoms in total. The van der Waals surface area contributed by atoms with Crippen LogP contribution in [-0.2, 0) is 0 Å². The third-order valence-electron chi connectivity index (χ3n) is 3.72. The zero-order chi connectivity index (χ0) is 14.2. The van der Waals surface area contributed by atoms with E-state index in [0.29, 0.717) is 10.6 Å². The quantitative estimate of drug-likeness (QED) is 0.930. The number of nitrogens with two attached hydrogens (primary N) is 1. The molecule has 0 spiro atoms. The topological polar surface area (TPSA) is 46.3 Å². The molecule has 1 aromatic carbocycles. The van der Waals surface area contributed by atoms with Crippen molar-refractivity contribution in [2.24, 2.45) is 0 Å². The number of thiophene rings is 1. The van der Waals surface area contributed by atoms with Gasteiger partial charge < -0.3 is 10.6 Å². The minimum absolute atomic E-state index is 0.0208. The monoisotopic (exact) mass is 276 g/mol. The van der Waals surface area contributed by atoms with E-state index in [2.05, 4.69) is 6.92 Å². The third kappa shape index (κ3) is 2.32. The van der Waals surface area contributed by atoms with Crippen LogP contribution in [0, 0.1) is 6.92 Å². The van der Waals surface area contributed by atoms with Crippen LogP contribution in [0.4, 0.5) is 5.69 Å². The first kappa shape index (κ1) is 13.9. The molecular weight excluding hydrogens is 256 g/mol. The molecular formula is C15H20N2OS. The lowest BCUT2D eigenvalue weighted by Crippen LogP contribution is -2.34. The molecule has 2 rings (SSSR count). The zero-order valence-corrected chi connectivity index (χ0v) is 12.7. The average Bonchev–Trinajstić information content (AvgIpc) is 2.75. The fraction of sp³-hybridized carbons (Fsp3) is 0.400. The van der Waals surface area contributed by atoms with Gasteiger partial charge in [-0.2, -0.15) is 0 Å². The standard InChI is InChI=1S/C15H20N2OS/c1-5-10(3)17(4)15(18)14-12(16)11-8-6-7-9(2)13(11)19-14/h6-8,10H,5,16H2,1-4H3. The Balaban J connectivity index is 2.49. The smallest absolute Gasteiger partial charge is 0.266 e. The van der Waals surface area contributed by atoms with Crippen molar-refractivity contribution in [3.63, 3.8) is 0 Å². The van der Waals surface area contributed by atoms with Crippen LogP contribution in [0.1, 0.15) is 35.5 Å². The number of anilines is 1. The molecule has 0 saturated carbocycles. The van der Waals surface area contributed by atoms with Gasteiger partial charge in [0.15, 0.2) is 0 Å². The lowest BCUT2D eigenvalue weighted by molar-refractivity contribution is 0.0746. The molecule has 19 heavy (non-hydrogen) atoms. The van der Waals surface area contributed by atoms with Crippen molar-refractivity contribution in [1.29, 1.82) is 0 Å². The number of hydrogen-bond acceptors (Lipinski definition) is 3. The first-order valence-electron chi connectivity index (χ1n) is 6.52. The fourth-order valence-corrected chi connectivity index (χ4v) is 3.24. The summed E-state index contributed by atoms with van der Waals surface area (Å²) in [7, 11) is 1.84. The number of rotatable bonds is 3. The Labute approximate surface area is 118 Å². The Morgan fingerprint density at radius 3 is 2.74 bits per heavy atom. The Morgan fingerprint density at radius 2 is 2.16 bits per heavy atom. The Bertz CT molecular complexity index is 618. The highest BCUT2D eigenvalue weighted by atomic mass is 32.1. The molecule has 102 valence electrons. The number of aryl methyl sites for hydroxylation is 1. The number of amides is 1. The van der Waals surface area contributed by atoms with E-state index in [1.807, 2.05) is 39.1 Å². The van der Waals surface area contributed by atoms with Gasteiger partial charge in [-0.3, -0.25) is 4.79 Å². The van der Waals surface area contributed by atoms with Crippen molar-refractivity contribution in [2.45, 2.75) is 33.2 Å². The molecule has 2 N–H and O–H groups in total. The molecule has 0 fully saturated rings. The van der Waals surface area contributed by atoms with E-state index in [0.717, 1.165) is 16.5 Å².